The molecule has 4 aromatic rings. The Morgan fingerprint density at radius 3 is 2.34 bits per heavy atom. The summed E-state index contributed by atoms with van der Waals surface area (Å²) in [5.74, 6) is -0.647. The molecular formula is C28H28N4O3. The van der Waals surface area contributed by atoms with E-state index in [-0.39, 0.29) is 30.7 Å². The lowest BCUT2D eigenvalue weighted by Gasteiger charge is -2.22. The maximum Gasteiger partial charge on any atom is 0.294 e. The van der Waals surface area contributed by atoms with Crippen LogP contribution in [0.15, 0.2) is 77.6 Å². The van der Waals surface area contributed by atoms with Crippen LogP contribution in [-0.2, 0) is 29.1 Å². The lowest BCUT2D eigenvalue weighted by atomic mass is 10.1. The smallest absolute Gasteiger partial charge is 0.294 e. The number of aromatic nitrogens is 2. The maximum atomic E-state index is 13.6. The highest BCUT2D eigenvalue weighted by atomic mass is 16.2. The minimum absolute atomic E-state index is 0.000415. The number of hydrogen-bond donors (Lipinski definition) is 1. The molecule has 1 heterocycles. The summed E-state index contributed by atoms with van der Waals surface area (Å²) in [6.45, 7) is 5.43. The molecule has 0 atom stereocenters. The molecule has 0 aliphatic carbocycles. The van der Waals surface area contributed by atoms with E-state index < -0.39 is 5.56 Å². The van der Waals surface area contributed by atoms with Crippen molar-refractivity contribution in [3.05, 3.63) is 99.8 Å². The maximum absolute atomic E-state index is 13.6. The molecule has 0 radical (unpaired) electrons. The molecule has 0 aliphatic rings. The van der Waals surface area contributed by atoms with Crippen LogP contribution in [0.4, 0.5) is 11.5 Å². The highest BCUT2D eigenvalue weighted by Gasteiger charge is 2.22. The van der Waals surface area contributed by atoms with Gasteiger partial charge in [0.05, 0.1) is 17.6 Å². The molecule has 0 saturated carbocycles. The third-order valence-corrected chi connectivity index (χ3v) is 6.01. The Balaban J connectivity index is 1.72. The van der Waals surface area contributed by atoms with Gasteiger partial charge in [-0.3, -0.25) is 23.9 Å². The Morgan fingerprint density at radius 1 is 0.971 bits per heavy atom. The fourth-order valence-corrected chi connectivity index (χ4v) is 3.97. The quantitative estimate of drug-likeness (QED) is 0.434. The van der Waals surface area contributed by atoms with Crippen LogP contribution in [0, 0.1) is 6.92 Å². The Kier molecular flexibility index (Phi) is 7.06. The van der Waals surface area contributed by atoms with Gasteiger partial charge in [0.15, 0.2) is 0 Å². The molecule has 4 rings (SSSR count). The number of rotatable bonds is 7. The minimum atomic E-state index is -0.496. The van der Waals surface area contributed by atoms with Crippen LogP contribution in [0.25, 0.3) is 11.0 Å². The van der Waals surface area contributed by atoms with Gasteiger partial charge in [-0.2, -0.15) is 0 Å². The summed E-state index contributed by atoms with van der Waals surface area (Å²) >= 11 is 0. The first-order chi connectivity index (χ1) is 16.9. The molecule has 0 aliphatic heterocycles. The molecule has 3 aromatic carbocycles. The van der Waals surface area contributed by atoms with Crippen LogP contribution in [0.2, 0.25) is 0 Å². The Morgan fingerprint density at radius 2 is 1.66 bits per heavy atom. The number of carbonyl (C=O) groups is 2. The predicted octanol–water partition coefficient (Wildman–Crippen LogP) is 4.46. The van der Waals surface area contributed by atoms with E-state index in [1.807, 2.05) is 61.5 Å². The molecule has 0 fully saturated rings. The minimum Gasteiger partial charge on any atom is -0.325 e. The largest absolute Gasteiger partial charge is 0.325 e. The molecule has 7 nitrogen and oxygen atoms in total. The van der Waals surface area contributed by atoms with E-state index in [0.717, 1.165) is 17.5 Å². The van der Waals surface area contributed by atoms with E-state index in [1.165, 1.54) is 22.0 Å². The summed E-state index contributed by atoms with van der Waals surface area (Å²) in [6, 6.07) is 22.4. The normalized spacial score (nSPS) is 10.8. The molecule has 7 heteroatoms. The number of nitrogens with one attached hydrogen (secondary N) is 1. The molecular weight excluding hydrogens is 440 g/mol. The van der Waals surface area contributed by atoms with Crippen molar-refractivity contribution in [2.45, 2.75) is 40.3 Å². The van der Waals surface area contributed by atoms with Crippen molar-refractivity contribution in [2.24, 2.45) is 0 Å². The second-order valence-corrected chi connectivity index (χ2v) is 8.45. The Bertz CT molecular complexity index is 1440. The van der Waals surface area contributed by atoms with Crippen molar-refractivity contribution < 1.29 is 9.59 Å². The van der Waals surface area contributed by atoms with Gasteiger partial charge in [0.25, 0.3) is 5.56 Å². The first-order valence-electron chi connectivity index (χ1n) is 11.6. The monoisotopic (exact) mass is 468 g/mol. The van der Waals surface area contributed by atoms with Crippen LogP contribution in [0.3, 0.4) is 0 Å². The fraction of sp³-hybridized carbons (Fsp3) is 0.214. The summed E-state index contributed by atoms with van der Waals surface area (Å²) in [5.41, 5.74) is 4.30. The summed E-state index contributed by atoms with van der Waals surface area (Å²) in [6.07, 6.45) is 0.907. The lowest BCUT2D eigenvalue weighted by Crippen LogP contribution is -2.38. The molecule has 1 aromatic heterocycles. The third kappa shape index (κ3) is 5.30. The van der Waals surface area contributed by atoms with Gasteiger partial charge >= 0.3 is 0 Å². The zero-order chi connectivity index (χ0) is 24.9. The Hall–Kier alpha value is -4.26. The van der Waals surface area contributed by atoms with E-state index in [0.29, 0.717) is 16.7 Å². The molecule has 1 N–H and O–H groups in total. The van der Waals surface area contributed by atoms with E-state index in [9.17, 15) is 14.4 Å². The number of nitrogens with zero attached hydrogens (tertiary/aromatic N) is 3. The highest BCUT2D eigenvalue weighted by Crippen LogP contribution is 2.19. The topological polar surface area (TPSA) is 84.3 Å². The molecule has 0 saturated heterocycles. The summed E-state index contributed by atoms with van der Waals surface area (Å²) in [5, 5.41) is 2.85. The van der Waals surface area contributed by atoms with Crippen molar-refractivity contribution in [2.75, 3.05) is 10.2 Å². The van der Waals surface area contributed by atoms with E-state index >= 15 is 0 Å². The fourth-order valence-electron chi connectivity index (χ4n) is 3.97. The van der Waals surface area contributed by atoms with E-state index in [1.54, 1.807) is 18.2 Å². The van der Waals surface area contributed by atoms with Gasteiger partial charge in [0.1, 0.15) is 6.54 Å². The first kappa shape index (κ1) is 23.9. The van der Waals surface area contributed by atoms with Gasteiger partial charge in [0, 0.05) is 12.6 Å². The van der Waals surface area contributed by atoms with Crippen molar-refractivity contribution in [3.63, 3.8) is 0 Å². The Labute approximate surface area is 204 Å². The van der Waals surface area contributed by atoms with Crippen LogP contribution >= 0.6 is 0 Å². The van der Waals surface area contributed by atoms with Crippen molar-refractivity contribution in [1.29, 1.82) is 0 Å². The van der Waals surface area contributed by atoms with Gasteiger partial charge in [-0.25, -0.2) is 4.98 Å². The first-order valence-corrected chi connectivity index (χ1v) is 11.6. The standard InChI is InChI=1S/C28H28N4O3/c1-4-21-13-15-23(16-14-21)29-26(34)18-32-25-12-8-7-11-24(25)30-27(28(32)35)31(20(3)33)17-22-10-6-5-9-19(22)2/h5-16H,4,17-18H2,1-3H3,(H,29,34). The summed E-state index contributed by atoms with van der Waals surface area (Å²) < 4.78 is 1.38. The SMILES string of the molecule is CCc1ccc(NC(=O)Cn2c(=O)c(N(Cc3ccccc3C)C(C)=O)nc3ccccc32)cc1. The number of aryl methyl sites for hydroxylation is 2. The lowest BCUT2D eigenvalue weighted by molar-refractivity contribution is -0.117. The van der Waals surface area contributed by atoms with Crippen molar-refractivity contribution in [3.8, 4) is 0 Å². The highest BCUT2D eigenvalue weighted by molar-refractivity contribution is 5.93. The summed E-state index contributed by atoms with van der Waals surface area (Å²) in [4.78, 5) is 45.1. The zero-order valence-electron chi connectivity index (χ0n) is 20.1. The predicted molar refractivity (Wildman–Crippen MR) is 138 cm³/mol. The molecule has 35 heavy (non-hydrogen) atoms. The van der Waals surface area contributed by atoms with Crippen molar-refractivity contribution in [1.82, 2.24) is 9.55 Å². The molecule has 0 spiro atoms. The molecule has 0 bridgehead atoms. The van der Waals surface area contributed by atoms with Crippen LogP contribution in [-0.4, -0.2) is 21.4 Å². The van der Waals surface area contributed by atoms with Gasteiger partial charge in [0.2, 0.25) is 17.6 Å². The average molecular weight is 469 g/mol. The van der Waals surface area contributed by atoms with Gasteiger partial charge in [-0.15, -0.1) is 0 Å². The second kappa shape index (κ2) is 10.3. The number of benzene rings is 3. The van der Waals surface area contributed by atoms with E-state index in [4.69, 9.17) is 0 Å². The molecule has 178 valence electrons. The van der Waals surface area contributed by atoms with Crippen molar-refractivity contribution >= 4 is 34.4 Å². The number of anilines is 2. The number of amides is 2. The van der Waals surface area contributed by atoms with Gasteiger partial charge in [-0.05, 0) is 54.3 Å². The molecule has 2 amide bonds. The number of para-hydroxylation sites is 2. The number of carbonyl (C=O) groups excluding carboxylic acids is 2. The van der Waals surface area contributed by atoms with Gasteiger partial charge in [-0.1, -0.05) is 55.5 Å². The second-order valence-electron chi connectivity index (χ2n) is 8.45. The average Bonchev–Trinajstić information content (AvgIpc) is 2.85. The van der Waals surface area contributed by atoms with Gasteiger partial charge < -0.3 is 5.32 Å². The number of fused-ring (bicyclic) bond motifs is 1. The molecule has 0 unspecified atom stereocenters. The van der Waals surface area contributed by atoms with Crippen LogP contribution < -0.4 is 15.8 Å². The zero-order valence-corrected chi connectivity index (χ0v) is 20.1. The van der Waals surface area contributed by atoms with Crippen LogP contribution in [0.5, 0.6) is 0 Å². The summed E-state index contributed by atoms with van der Waals surface area (Å²) in [7, 11) is 0. The van der Waals surface area contributed by atoms with E-state index in [2.05, 4.69) is 17.2 Å². The van der Waals surface area contributed by atoms with Crippen LogP contribution in [0.1, 0.15) is 30.5 Å². The third-order valence-electron chi connectivity index (χ3n) is 6.01. The number of hydrogen-bond acceptors (Lipinski definition) is 4.